The summed E-state index contributed by atoms with van der Waals surface area (Å²) in [6.45, 7) is 6.59. The third-order valence-electron chi connectivity index (χ3n) is 4.39. The summed E-state index contributed by atoms with van der Waals surface area (Å²) in [5.41, 5.74) is 2.26. The first-order valence-corrected chi connectivity index (χ1v) is 9.92. The van der Waals surface area contributed by atoms with Gasteiger partial charge in [0, 0.05) is 37.3 Å². The van der Waals surface area contributed by atoms with Crippen molar-refractivity contribution in [1.82, 2.24) is 10.6 Å². The molecule has 0 fully saturated rings. The Balaban J connectivity index is 1.58. The van der Waals surface area contributed by atoms with Crippen molar-refractivity contribution in [2.45, 2.75) is 13.1 Å². The normalized spacial score (nSPS) is 18.0. The highest BCUT2D eigenvalue weighted by molar-refractivity contribution is 5.34. The quantitative estimate of drug-likeness (QED) is 0.725. The molecule has 0 saturated heterocycles. The molecule has 2 aromatic rings. The number of fused-ring (bicyclic) bond motifs is 2. The van der Waals surface area contributed by atoms with Crippen molar-refractivity contribution in [1.29, 1.82) is 0 Å². The van der Waals surface area contributed by atoms with E-state index >= 15 is 0 Å². The van der Waals surface area contributed by atoms with E-state index < -0.39 is 0 Å². The van der Waals surface area contributed by atoms with Gasteiger partial charge in [-0.1, -0.05) is 36.4 Å². The summed E-state index contributed by atoms with van der Waals surface area (Å²) in [4.78, 5) is 0. The van der Waals surface area contributed by atoms with Crippen LogP contribution in [-0.2, 0) is 22.6 Å². The molecule has 2 aromatic carbocycles. The lowest BCUT2D eigenvalue weighted by Crippen LogP contribution is -2.23. The van der Waals surface area contributed by atoms with Crippen LogP contribution in [0.15, 0.2) is 48.5 Å². The largest absolute Gasteiger partial charge is 0.490 e. The van der Waals surface area contributed by atoms with E-state index in [1.54, 1.807) is 0 Å². The predicted molar refractivity (Wildman–Crippen MR) is 109 cm³/mol. The highest BCUT2D eigenvalue weighted by Gasteiger charge is 2.05. The molecule has 152 valence electrons. The zero-order valence-corrected chi connectivity index (χ0v) is 16.3. The van der Waals surface area contributed by atoms with Gasteiger partial charge in [0.2, 0.25) is 0 Å². The molecule has 28 heavy (non-hydrogen) atoms. The summed E-state index contributed by atoms with van der Waals surface area (Å²) in [5.74, 6) is 1.77. The van der Waals surface area contributed by atoms with Crippen molar-refractivity contribution < 1.29 is 18.9 Å². The van der Waals surface area contributed by atoms with Crippen molar-refractivity contribution in [2.24, 2.45) is 0 Å². The molecule has 2 N–H and O–H groups in total. The van der Waals surface area contributed by atoms with Gasteiger partial charge in [-0.15, -0.1) is 0 Å². The molecular formula is C22H30N2O4. The second kappa shape index (κ2) is 12.4. The van der Waals surface area contributed by atoms with Gasteiger partial charge in [-0.3, -0.25) is 0 Å². The van der Waals surface area contributed by atoms with Crippen LogP contribution in [-0.4, -0.2) is 52.7 Å². The minimum atomic E-state index is 0.496. The fourth-order valence-corrected chi connectivity index (χ4v) is 2.94. The summed E-state index contributed by atoms with van der Waals surface area (Å²) < 4.78 is 23.1. The number of nitrogens with one attached hydrogen (secondary N) is 2. The fraction of sp³-hybridized carbons (Fsp3) is 0.455. The summed E-state index contributed by atoms with van der Waals surface area (Å²) >= 11 is 0. The first kappa shape index (κ1) is 20.6. The van der Waals surface area contributed by atoms with E-state index in [0.29, 0.717) is 39.6 Å². The van der Waals surface area contributed by atoms with Gasteiger partial charge in [0.05, 0.1) is 26.4 Å². The van der Waals surface area contributed by atoms with E-state index in [1.165, 1.54) is 0 Å². The van der Waals surface area contributed by atoms with Gasteiger partial charge in [0.1, 0.15) is 24.7 Å². The number of rotatable bonds is 0. The average Bonchev–Trinajstić information content (AvgIpc) is 2.73. The molecule has 1 heterocycles. The first-order valence-electron chi connectivity index (χ1n) is 9.92. The number of benzene rings is 2. The van der Waals surface area contributed by atoms with E-state index in [4.69, 9.17) is 18.9 Å². The van der Waals surface area contributed by atoms with Gasteiger partial charge in [-0.25, -0.2) is 0 Å². The third-order valence-corrected chi connectivity index (χ3v) is 4.39. The van der Waals surface area contributed by atoms with E-state index in [9.17, 15) is 0 Å². The second-order valence-corrected chi connectivity index (χ2v) is 6.49. The minimum absolute atomic E-state index is 0.496. The molecule has 0 aromatic heterocycles. The number of ether oxygens (including phenoxy) is 4. The topological polar surface area (TPSA) is 61.0 Å². The molecule has 0 unspecified atom stereocenters. The third kappa shape index (κ3) is 7.13. The van der Waals surface area contributed by atoms with E-state index in [-0.39, 0.29) is 0 Å². The van der Waals surface area contributed by atoms with Crippen molar-refractivity contribution in [2.75, 3.05) is 52.7 Å². The first-order chi connectivity index (χ1) is 13.9. The molecule has 1 aliphatic heterocycles. The summed E-state index contributed by atoms with van der Waals surface area (Å²) in [5, 5.41) is 6.78. The van der Waals surface area contributed by atoms with Crippen LogP contribution in [0.5, 0.6) is 11.5 Å². The van der Waals surface area contributed by atoms with Gasteiger partial charge >= 0.3 is 0 Å². The molecule has 6 heteroatoms. The van der Waals surface area contributed by atoms with Crippen molar-refractivity contribution in [3.63, 3.8) is 0 Å². The average molecular weight is 386 g/mol. The summed E-state index contributed by atoms with van der Waals surface area (Å²) in [7, 11) is 0. The van der Waals surface area contributed by atoms with E-state index in [1.807, 2.05) is 36.4 Å². The monoisotopic (exact) mass is 386 g/mol. The highest BCUT2D eigenvalue weighted by atomic mass is 16.5. The minimum Gasteiger partial charge on any atom is -0.490 e. The second-order valence-electron chi connectivity index (χ2n) is 6.49. The number of para-hydroxylation sites is 2. The molecule has 6 nitrogen and oxygen atoms in total. The van der Waals surface area contributed by atoms with Crippen LogP contribution in [0.4, 0.5) is 0 Å². The molecule has 0 aliphatic carbocycles. The Bertz CT molecular complexity index is 636. The van der Waals surface area contributed by atoms with Gasteiger partial charge in [-0.2, -0.15) is 0 Å². The zero-order chi connectivity index (χ0) is 19.3. The SMILES string of the molecule is c1ccc2c(c1)CNCCOCCOCCNCc1ccccc1OCCO2. The molecule has 0 bridgehead atoms. The number of hydrogen-bond acceptors (Lipinski definition) is 6. The summed E-state index contributed by atoms with van der Waals surface area (Å²) in [6.07, 6.45) is 0. The fourth-order valence-electron chi connectivity index (χ4n) is 2.94. The predicted octanol–water partition coefficient (Wildman–Crippen LogP) is 2.37. The Kier molecular flexibility index (Phi) is 9.10. The molecule has 0 amide bonds. The Morgan fingerprint density at radius 2 is 1.00 bits per heavy atom. The molecular weight excluding hydrogens is 356 g/mol. The standard InChI is InChI=1S/C22H30N2O4/c1-3-7-21-19(5-1)17-23-9-11-25-13-14-26-12-10-24-18-20-6-2-4-8-22(20)28-16-15-27-21/h1-8,23-24H,9-18H2. The Labute approximate surface area is 167 Å². The highest BCUT2D eigenvalue weighted by Crippen LogP contribution is 2.19. The maximum Gasteiger partial charge on any atom is 0.123 e. The molecule has 0 spiro atoms. The molecule has 0 radical (unpaired) electrons. The van der Waals surface area contributed by atoms with Crippen LogP contribution in [0, 0.1) is 0 Å². The molecule has 0 saturated carbocycles. The van der Waals surface area contributed by atoms with Gasteiger partial charge in [0.15, 0.2) is 0 Å². The van der Waals surface area contributed by atoms with E-state index in [2.05, 4.69) is 22.8 Å². The van der Waals surface area contributed by atoms with Crippen LogP contribution in [0.2, 0.25) is 0 Å². The lowest BCUT2D eigenvalue weighted by atomic mass is 10.2. The number of hydrogen-bond donors (Lipinski definition) is 2. The smallest absolute Gasteiger partial charge is 0.123 e. The summed E-state index contributed by atoms with van der Waals surface area (Å²) in [6, 6.07) is 16.2. The van der Waals surface area contributed by atoms with Crippen molar-refractivity contribution >= 4 is 0 Å². The van der Waals surface area contributed by atoms with Gasteiger partial charge in [0.25, 0.3) is 0 Å². The van der Waals surface area contributed by atoms with Crippen LogP contribution >= 0.6 is 0 Å². The van der Waals surface area contributed by atoms with Gasteiger partial charge < -0.3 is 29.6 Å². The lowest BCUT2D eigenvalue weighted by Gasteiger charge is -2.15. The maximum absolute atomic E-state index is 5.96. The Morgan fingerprint density at radius 3 is 1.50 bits per heavy atom. The Morgan fingerprint density at radius 1 is 0.536 bits per heavy atom. The molecule has 3 rings (SSSR count). The Hall–Kier alpha value is -2.12. The van der Waals surface area contributed by atoms with E-state index in [0.717, 1.165) is 48.8 Å². The van der Waals surface area contributed by atoms with Crippen molar-refractivity contribution in [3.05, 3.63) is 59.7 Å². The maximum atomic E-state index is 5.96. The lowest BCUT2D eigenvalue weighted by molar-refractivity contribution is 0.0497. The van der Waals surface area contributed by atoms with Crippen LogP contribution in [0.25, 0.3) is 0 Å². The van der Waals surface area contributed by atoms with Crippen LogP contribution in [0.3, 0.4) is 0 Å². The van der Waals surface area contributed by atoms with Gasteiger partial charge in [-0.05, 0) is 12.1 Å². The molecule has 0 atom stereocenters. The molecule has 1 aliphatic rings. The zero-order valence-electron chi connectivity index (χ0n) is 16.3. The van der Waals surface area contributed by atoms with Crippen LogP contribution < -0.4 is 20.1 Å². The van der Waals surface area contributed by atoms with Crippen LogP contribution in [0.1, 0.15) is 11.1 Å². The van der Waals surface area contributed by atoms with Crippen molar-refractivity contribution in [3.8, 4) is 11.5 Å².